The molecule has 0 aliphatic rings. The van der Waals surface area contributed by atoms with Crippen LogP contribution in [-0.4, -0.2) is 81.0 Å². The fourth-order valence-corrected chi connectivity index (χ4v) is 3.16. The number of nitrogens with one attached hydrogen (secondary N) is 4. The van der Waals surface area contributed by atoms with Crippen LogP contribution in [0.25, 0.3) is 0 Å². The van der Waals surface area contributed by atoms with Crippen molar-refractivity contribution in [3.05, 3.63) is 35.9 Å². The first kappa shape index (κ1) is 30.5. The van der Waals surface area contributed by atoms with E-state index in [0.29, 0.717) is 5.56 Å². The maximum absolute atomic E-state index is 12.8. The number of amides is 4. The molecule has 37 heavy (non-hydrogen) atoms. The van der Waals surface area contributed by atoms with Gasteiger partial charge in [0.2, 0.25) is 23.6 Å². The highest BCUT2D eigenvalue weighted by atomic mass is 16.4. The second-order valence-corrected chi connectivity index (χ2v) is 8.16. The van der Waals surface area contributed by atoms with Crippen LogP contribution < -0.4 is 21.3 Å². The first-order valence-corrected chi connectivity index (χ1v) is 11.2. The third-order valence-electron chi connectivity index (χ3n) is 5.00. The van der Waals surface area contributed by atoms with Crippen molar-refractivity contribution in [2.45, 2.75) is 63.7 Å². The van der Waals surface area contributed by atoms with E-state index in [1.165, 1.54) is 6.92 Å². The minimum absolute atomic E-state index is 0.0674. The Morgan fingerprint density at radius 2 is 1.30 bits per heavy atom. The van der Waals surface area contributed by atoms with Gasteiger partial charge in [-0.25, -0.2) is 4.79 Å². The lowest BCUT2D eigenvalue weighted by Gasteiger charge is -2.24. The van der Waals surface area contributed by atoms with E-state index < -0.39 is 78.5 Å². The highest BCUT2D eigenvalue weighted by Gasteiger charge is 2.30. The van der Waals surface area contributed by atoms with Crippen LogP contribution in [0.1, 0.15) is 38.7 Å². The second kappa shape index (κ2) is 14.8. The van der Waals surface area contributed by atoms with Crippen molar-refractivity contribution in [3.63, 3.8) is 0 Å². The predicted octanol–water partition coefficient (Wildman–Crippen LogP) is -1.37. The van der Waals surface area contributed by atoms with Crippen molar-refractivity contribution in [2.75, 3.05) is 0 Å². The number of carbonyl (C=O) groups excluding carboxylic acids is 4. The molecule has 0 fully saturated rings. The van der Waals surface area contributed by atoms with E-state index in [1.54, 1.807) is 30.3 Å². The first-order valence-electron chi connectivity index (χ1n) is 11.2. The van der Waals surface area contributed by atoms with Crippen molar-refractivity contribution in [1.82, 2.24) is 21.3 Å². The summed E-state index contributed by atoms with van der Waals surface area (Å²) >= 11 is 0. The zero-order valence-electron chi connectivity index (χ0n) is 20.2. The minimum Gasteiger partial charge on any atom is -0.481 e. The molecule has 0 radical (unpaired) electrons. The summed E-state index contributed by atoms with van der Waals surface area (Å²) in [5, 5.41) is 36.4. The molecule has 1 rings (SSSR count). The highest BCUT2D eigenvalue weighted by molar-refractivity contribution is 5.95. The van der Waals surface area contributed by atoms with E-state index in [0.717, 1.165) is 6.92 Å². The Bertz CT molecular complexity index is 998. The number of carbonyl (C=O) groups is 7. The van der Waals surface area contributed by atoms with Gasteiger partial charge in [-0.2, -0.15) is 0 Å². The third kappa shape index (κ3) is 11.7. The lowest BCUT2D eigenvalue weighted by molar-refractivity contribution is -0.143. The molecule has 7 N–H and O–H groups in total. The number of carboxylic acid groups (broad SMARTS) is 3. The van der Waals surface area contributed by atoms with Crippen molar-refractivity contribution in [2.24, 2.45) is 0 Å². The Labute approximate surface area is 211 Å². The summed E-state index contributed by atoms with van der Waals surface area (Å²) in [6.45, 7) is 2.30. The molecular weight excluding hydrogens is 492 g/mol. The summed E-state index contributed by atoms with van der Waals surface area (Å²) < 4.78 is 0. The normalized spacial score (nSPS) is 13.7. The number of benzene rings is 1. The Hall–Kier alpha value is -4.49. The summed E-state index contributed by atoms with van der Waals surface area (Å²) in [5.74, 6) is -7.50. The van der Waals surface area contributed by atoms with E-state index in [1.807, 2.05) is 0 Å². The van der Waals surface area contributed by atoms with Gasteiger partial charge in [-0.15, -0.1) is 0 Å². The van der Waals surface area contributed by atoms with Gasteiger partial charge >= 0.3 is 17.9 Å². The van der Waals surface area contributed by atoms with Gasteiger partial charge in [0.25, 0.3) is 0 Å². The van der Waals surface area contributed by atoms with Crippen LogP contribution in [0.5, 0.6) is 0 Å². The predicted molar refractivity (Wildman–Crippen MR) is 126 cm³/mol. The zero-order valence-corrected chi connectivity index (χ0v) is 20.2. The molecule has 4 atom stereocenters. The Balaban J connectivity index is 2.93. The molecule has 1 aromatic rings. The Morgan fingerprint density at radius 3 is 1.81 bits per heavy atom. The molecule has 0 saturated heterocycles. The number of rotatable bonds is 15. The zero-order chi connectivity index (χ0) is 28.1. The van der Waals surface area contributed by atoms with E-state index >= 15 is 0 Å². The lowest BCUT2D eigenvalue weighted by Crippen LogP contribution is -2.57. The molecule has 4 amide bonds. The molecule has 14 heteroatoms. The van der Waals surface area contributed by atoms with Crippen molar-refractivity contribution >= 4 is 41.5 Å². The molecule has 0 heterocycles. The number of hydrogen-bond donors (Lipinski definition) is 7. The first-order chi connectivity index (χ1) is 17.3. The van der Waals surface area contributed by atoms with Gasteiger partial charge < -0.3 is 36.6 Å². The average Bonchev–Trinajstić information content (AvgIpc) is 2.80. The van der Waals surface area contributed by atoms with Crippen molar-refractivity contribution in [1.29, 1.82) is 0 Å². The molecule has 0 unspecified atom stereocenters. The molecule has 0 spiro atoms. The van der Waals surface area contributed by atoms with Gasteiger partial charge in [-0.1, -0.05) is 30.3 Å². The van der Waals surface area contributed by atoms with E-state index in [2.05, 4.69) is 21.3 Å². The summed E-state index contributed by atoms with van der Waals surface area (Å²) in [7, 11) is 0. The Morgan fingerprint density at radius 1 is 0.730 bits per heavy atom. The van der Waals surface area contributed by atoms with Crippen molar-refractivity contribution < 1.29 is 48.9 Å². The van der Waals surface area contributed by atoms with E-state index in [4.69, 9.17) is 10.2 Å². The van der Waals surface area contributed by atoms with Crippen LogP contribution in [0.4, 0.5) is 0 Å². The number of carboxylic acids is 3. The van der Waals surface area contributed by atoms with Gasteiger partial charge in [0.1, 0.15) is 24.2 Å². The molecule has 202 valence electrons. The highest BCUT2D eigenvalue weighted by Crippen LogP contribution is 2.06. The van der Waals surface area contributed by atoms with Gasteiger partial charge in [-0.3, -0.25) is 28.8 Å². The van der Waals surface area contributed by atoms with Gasteiger partial charge in [0, 0.05) is 19.8 Å². The number of aliphatic carboxylic acids is 3. The van der Waals surface area contributed by atoms with Gasteiger partial charge in [-0.05, 0) is 18.9 Å². The largest absolute Gasteiger partial charge is 0.481 e. The van der Waals surface area contributed by atoms with Gasteiger partial charge in [0.05, 0.1) is 6.42 Å². The molecule has 0 saturated carbocycles. The van der Waals surface area contributed by atoms with Crippen LogP contribution >= 0.6 is 0 Å². The standard InChI is InChI=1S/C23H30N4O10/c1-12(24-22(35)16(11-19(31)32)25-13(2)28)20(33)26-15(8-9-18(29)30)21(34)27-17(23(36)37)10-14-6-4-3-5-7-14/h3-7,12,15-17H,8-11H2,1-2H3,(H,24,35)(H,25,28)(H,26,33)(H,27,34)(H,29,30)(H,31,32)(H,36,37)/t12-,15-,16-,17-/m0/s1. The van der Waals surface area contributed by atoms with E-state index in [-0.39, 0.29) is 12.8 Å². The fourth-order valence-electron chi connectivity index (χ4n) is 3.16. The molecule has 0 aliphatic carbocycles. The van der Waals surface area contributed by atoms with Gasteiger partial charge in [0.15, 0.2) is 0 Å². The molecule has 14 nitrogen and oxygen atoms in total. The van der Waals surface area contributed by atoms with E-state index in [9.17, 15) is 38.7 Å². The maximum atomic E-state index is 12.8. The van der Waals surface area contributed by atoms with Crippen LogP contribution in [0.3, 0.4) is 0 Å². The summed E-state index contributed by atoms with van der Waals surface area (Å²) in [6, 6.07) is 2.82. The topological polar surface area (TPSA) is 228 Å². The van der Waals surface area contributed by atoms with Crippen molar-refractivity contribution in [3.8, 4) is 0 Å². The molecule has 1 aromatic carbocycles. The summed E-state index contributed by atoms with van der Waals surface area (Å²) in [5.41, 5.74) is 0.618. The number of hydrogen-bond acceptors (Lipinski definition) is 7. The SMILES string of the molecule is CC(=O)N[C@@H](CC(=O)O)C(=O)N[C@@H](C)C(=O)N[C@@H](CCC(=O)O)C(=O)N[C@@H](Cc1ccccc1)C(=O)O. The van der Waals surface area contributed by atoms with Crippen LogP contribution in [0.15, 0.2) is 30.3 Å². The monoisotopic (exact) mass is 522 g/mol. The molecule has 0 aliphatic heterocycles. The maximum Gasteiger partial charge on any atom is 0.326 e. The molecule has 0 aromatic heterocycles. The van der Waals surface area contributed by atoms with Crippen LogP contribution in [-0.2, 0) is 40.0 Å². The minimum atomic E-state index is -1.47. The average molecular weight is 523 g/mol. The lowest BCUT2D eigenvalue weighted by atomic mass is 10.0. The molecular formula is C23H30N4O10. The fraction of sp³-hybridized carbons (Fsp3) is 0.435. The second-order valence-electron chi connectivity index (χ2n) is 8.16. The van der Waals surface area contributed by atoms with Crippen LogP contribution in [0, 0.1) is 0 Å². The van der Waals surface area contributed by atoms with Crippen LogP contribution in [0.2, 0.25) is 0 Å². The Kier molecular flexibility index (Phi) is 12.2. The third-order valence-corrected chi connectivity index (χ3v) is 5.00. The summed E-state index contributed by atoms with van der Waals surface area (Å²) in [4.78, 5) is 82.8. The smallest absolute Gasteiger partial charge is 0.326 e. The summed E-state index contributed by atoms with van der Waals surface area (Å²) in [6.07, 6.45) is -1.72. The molecule has 0 bridgehead atoms. The quantitative estimate of drug-likeness (QED) is 0.143.